The Morgan fingerprint density at radius 1 is 1.25 bits per heavy atom. The van der Waals surface area contributed by atoms with Gasteiger partial charge in [-0.1, -0.05) is 0 Å². The van der Waals surface area contributed by atoms with Crippen molar-refractivity contribution in [3.63, 3.8) is 0 Å². The molecule has 7 nitrogen and oxygen atoms in total. The average Bonchev–Trinajstić information content (AvgIpc) is 2.54. The van der Waals surface area contributed by atoms with Crippen molar-refractivity contribution in [2.24, 2.45) is 0 Å². The Morgan fingerprint density at radius 2 is 1.88 bits per heavy atom. The highest BCUT2D eigenvalue weighted by Gasteiger charge is 2.43. The molecule has 1 aromatic carbocycles. The van der Waals surface area contributed by atoms with Gasteiger partial charge in [-0.2, -0.15) is 0 Å². The summed E-state index contributed by atoms with van der Waals surface area (Å²) in [6.45, 7) is 5.67. The van der Waals surface area contributed by atoms with E-state index in [0.29, 0.717) is 11.4 Å². The Labute approximate surface area is 140 Å². The van der Waals surface area contributed by atoms with Crippen molar-refractivity contribution in [2.75, 3.05) is 25.7 Å². The van der Waals surface area contributed by atoms with Gasteiger partial charge in [0.2, 0.25) is 0 Å². The molecule has 0 aromatic heterocycles. The Bertz CT molecular complexity index is 669. The van der Waals surface area contributed by atoms with Gasteiger partial charge >= 0.3 is 23.6 Å². The van der Waals surface area contributed by atoms with Gasteiger partial charge in [-0.05, 0) is 24.3 Å². The molecule has 24 heavy (non-hydrogen) atoms. The zero-order chi connectivity index (χ0) is 17.9. The second-order valence-electron chi connectivity index (χ2n) is 6.12. The first-order valence-corrected chi connectivity index (χ1v) is 7.41. The third-order valence-corrected chi connectivity index (χ3v) is 3.13. The van der Waals surface area contributed by atoms with Gasteiger partial charge in [-0.3, -0.25) is 14.4 Å². The number of rotatable bonds is 3. The molecule has 1 fully saturated rings. The summed E-state index contributed by atoms with van der Waals surface area (Å²) in [5.41, 5.74) is 0.0928. The van der Waals surface area contributed by atoms with Gasteiger partial charge in [0.15, 0.2) is 12.1 Å². The summed E-state index contributed by atoms with van der Waals surface area (Å²) < 4.78 is 21.0. The highest BCUT2D eigenvalue weighted by molar-refractivity contribution is 6.10. The summed E-state index contributed by atoms with van der Waals surface area (Å²) in [6, 6.07) is 6.94. The number of amides is 1. The number of aliphatic hydroxyl groups excluding tert-OH is 1. The standard InChI is InChI=1S/C17H21NO6/c1-17(2,3)24-13-10-18(11-6-8-12(21-4)9-7-11)15(19)14(23-13)16(20)22-5/h6-9H,10H2,1-5H3/p+1. The minimum Gasteiger partial charge on any atom is -0.497 e. The Hall–Kier alpha value is -2.70. The molecule has 0 unspecified atom stereocenters. The molecule has 0 radical (unpaired) electrons. The van der Waals surface area contributed by atoms with E-state index in [1.807, 2.05) is 20.8 Å². The second-order valence-corrected chi connectivity index (χ2v) is 6.12. The number of aliphatic hydroxyl groups is 1. The number of benzene rings is 1. The van der Waals surface area contributed by atoms with E-state index < -0.39 is 17.5 Å². The topological polar surface area (TPSA) is 79.5 Å². The first kappa shape index (κ1) is 17.7. The summed E-state index contributed by atoms with van der Waals surface area (Å²) in [5, 5.41) is 9.81. The lowest BCUT2D eigenvalue weighted by Crippen LogP contribution is -2.45. The van der Waals surface area contributed by atoms with Crippen LogP contribution in [0.4, 0.5) is 5.69 Å². The van der Waals surface area contributed by atoms with Crippen molar-refractivity contribution in [3.05, 3.63) is 36.0 Å². The first-order valence-electron chi connectivity index (χ1n) is 7.41. The fraction of sp³-hybridized carbons (Fsp3) is 0.412. The Kier molecular flexibility index (Phi) is 5.02. The number of carbonyl (C=O) groups excluding carboxylic acids is 2. The van der Waals surface area contributed by atoms with Crippen LogP contribution in [0.15, 0.2) is 36.0 Å². The predicted molar refractivity (Wildman–Crippen MR) is 87.9 cm³/mol. The van der Waals surface area contributed by atoms with Gasteiger partial charge in [0.05, 0.1) is 14.2 Å². The lowest BCUT2D eigenvalue weighted by molar-refractivity contribution is -0.547. The molecule has 0 spiro atoms. The number of cyclic esters (lactones) is 1. The van der Waals surface area contributed by atoms with Gasteiger partial charge in [0.1, 0.15) is 5.75 Å². The van der Waals surface area contributed by atoms with E-state index in [2.05, 4.69) is 0 Å². The smallest absolute Gasteiger partial charge is 0.497 e. The molecular weight excluding hydrogens is 314 g/mol. The number of methoxy groups -OCH3 is 2. The van der Waals surface area contributed by atoms with E-state index in [1.165, 1.54) is 12.0 Å². The molecular formula is C17H22NO6+. The number of hydrogen-bond acceptors (Lipinski definition) is 5. The molecule has 130 valence electrons. The fourth-order valence-electron chi connectivity index (χ4n) is 2.11. The predicted octanol–water partition coefficient (Wildman–Crippen LogP) is 2.29. The zero-order valence-corrected chi connectivity index (χ0v) is 14.5. The summed E-state index contributed by atoms with van der Waals surface area (Å²) in [7, 11) is 2.81. The molecule has 1 aliphatic rings. The van der Waals surface area contributed by atoms with Crippen LogP contribution in [-0.4, -0.2) is 43.3 Å². The molecule has 2 rings (SSSR count). The molecule has 0 saturated carbocycles. The monoisotopic (exact) mass is 336 g/mol. The number of nitrogens with zero attached hydrogens (tertiary/aromatic N) is 1. The number of anilines is 1. The molecule has 1 saturated heterocycles. The van der Waals surface area contributed by atoms with E-state index in [-0.39, 0.29) is 18.3 Å². The van der Waals surface area contributed by atoms with E-state index >= 15 is 0 Å². The molecule has 0 atom stereocenters. The number of hydrogen-bond donors (Lipinski definition) is 1. The van der Waals surface area contributed by atoms with E-state index in [4.69, 9.17) is 18.6 Å². The third kappa shape index (κ3) is 3.98. The van der Waals surface area contributed by atoms with Crippen LogP contribution in [0, 0.1) is 0 Å². The maximum Gasteiger partial charge on any atom is 0.512 e. The Balaban J connectivity index is 2.44. The Morgan fingerprint density at radius 3 is 2.38 bits per heavy atom. The van der Waals surface area contributed by atoms with Crippen LogP contribution in [0.1, 0.15) is 20.8 Å². The van der Waals surface area contributed by atoms with Crippen LogP contribution in [0.5, 0.6) is 5.75 Å². The van der Waals surface area contributed by atoms with Crippen molar-refractivity contribution >= 4 is 17.6 Å². The van der Waals surface area contributed by atoms with Gasteiger partial charge in [0.25, 0.3) is 0 Å². The van der Waals surface area contributed by atoms with Crippen LogP contribution >= 0.6 is 0 Å². The average molecular weight is 336 g/mol. The molecule has 1 amide bonds. The summed E-state index contributed by atoms with van der Waals surface area (Å²) in [6.07, 6.45) is 0. The minimum atomic E-state index is -0.603. The second kappa shape index (κ2) is 6.82. The fourth-order valence-corrected chi connectivity index (χ4v) is 2.11. The van der Waals surface area contributed by atoms with Crippen LogP contribution in [0.3, 0.4) is 0 Å². The van der Waals surface area contributed by atoms with E-state index in [9.17, 15) is 9.90 Å². The van der Waals surface area contributed by atoms with Crippen LogP contribution < -0.4 is 9.64 Å². The molecule has 0 aliphatic carbocycles. The van der Waals surface area contributed by atoms with Crippen LogP contribution in [0.2, 0.25) is 0 Å². The zero-order valence-electron chi connectivity index (χ0n) is 14.5. The lowest BCUT2D eigenvalue weighted by Gasteiger charge is -2.24. The SMILES string of the molecule is CO/C(O)=C1/OC(=[O+]C(C)(C)C)CN(c2ccc(OC)cc2)C1=O. The van der Waals surface area contributed by atoms with Gasteiger partial charge < -0.3 is 19.0 Å². The van der Waals surface area contributed by atoms with E-state index in [0.717, 1.165) is 0 Å². The number of carbonyl (C=O) groups is 1. The summed E-state index contributed by atoms with van der Waals surface area (Å²) >= 11 is 0. The quantitative estimate of drug-likeness (QED) is 0.396. The molecule has 0 bridgehead atoms. The van der Waals surface area contributed by atoms with E-state index in [1.54, 1.807) is 31.4 Å². The molecule has 1 aromatic rings. The molecule has 1 aliphatic heterocycles. The van der Waals surface area contributed by atoms with Crippen molar-refractivity contribution in [1.82, 2.24) is 0 Å². The van der Waals surface area contributed by atoms with Gasteiger partial charge in [-0.15, -0.1) is 0 Å². The van der Waals surface area contributed by atoms with Crippen molar-refractivity contribution in [2.45, 2.75) is 26.4 Å². The van der Waals surface area contributed by atoms with Crippen molar-refractivity contribution in [3.8, 4) is 5.75 Å². The minimum absolute atomic E-state index is 0.100. The normalized spacial score (nSPS) is 19.1. The summed E-state index contributed by atoms with van der Waals surface area (Å²) in [5.74, 6) is -0.588. The molecule has 7 heteroatoms. The highest BCUT2D eigenvalue weighted by Crippen LogP contribution is 2.25. The number of esters is 1. The molecule has 1 heterocycles. The van der Waals surface area contributed by atoms with Crippen LogP contribution in [0.25, 0.3) is 0 Å². The first-order chi connectivity index (χ1) is 11.2. The maximum absolute atomic E-state index is 12.6. The number of morpholine rings is 1. The van der Waals surface area contributed by atoms with Crippen molar-refractivity contribution < 1.29 is 28.5 Å². The highest BCUT2D eigenvalue weighted by atomic mass is 16.6. The summed E-state index contributed by atoms with van der Waals surface area (Å²) in [4.78, 5) is 14.0. The maximum atomic E-state index is 12.6. The van der Waals surface area contributed by atoms with Crippen molar-refractivity contribution in [1.29, 1.82) is 0 Å². The lowest BCUT2D eigenvalue weighted by atomic mass is 10.2. The molecule has 1 N–H and O–H groups in total. The number of ether oxygens (including phenoxy) is 3. The van der Waals surface area contributed by atoms with Crippen LogP contribution in [-0.2, 0) is 18.7 Å². The van der Waals surface area contributed by atoms with Gasteiger partial charge in [0, 0.05) is 26.5 Å². The third-order valence-electron chi connectivity index (χ3n) is 3.13. The largest absolute Gasteiger partial charge is 0.512 e. The van der Waals surface area contributed by atoms with Gasteiger partial charge in [-0.25, -0.2) is 0 Å².